The van der Waals surface area contributed by atoms with Crippen LogP contribution in [-0.2, 0) is 35.0 Å². The molecule has 1 aromatic carbocycles. The van der Waals surface area contributed by atoms with Gasteiger partial charge in [-0.15, -0.1) is 0 Å². The lowest BCUT2D eigenvalue weighted by molar-refractivity contribution is -0.220. The van der Waals surface area contributed by atoms with Gasteiger partial charge >= 0.3 is 18.1 Å². The summed E-state index contributed by atoms with van der Waals surface area (Å²) in [6.45, 7) is 3.61. The predicted molar refractivity (Wildman–Crippen MR) is 141 cm³/mol. The highest BCUT2D eigenvalue weighted by Crippen LogP contribution is 2.56. The van der Waals surface area contributed by atoms with E-state index in [4.69, 9.17) is 23.7 Å². The maximum atomic E-state index is 14.2. The van der Waals surface area contributed by atoms with Crippen LogP contribution in [0.25, 0.3) is 0 Å². The van der Waals surface area contributed by atoms with Gasteiger partial charge in [0.1, 0.15) is 5.76 Å². The van der Waals surface area contributed by atoms with Crippen LogP contribution in [0.15, 0.2) is 24.0 Å². The van der Waals surface area contributed by atoms with Gasteiger partial charge in [0, 0.05) is 6.54 Å². The molecule has 4 atom stereocenters. The quantitative estimate of drug-likeness (QED) is 0.439. The standard InChI is InChI=1S/C30H36F3NO8/c1-27(2)7-4-9-29(42-27,15-23(35)38-16-30(31,32)33)26(36)41-25-22(37-3)14-28-8-5-10-34(28)11-6-18-12-20-21(40-17-39-20)13-19(18)24(25)28/h12-14,24-25H,4-11,15-17H2,1-3H3/t24-,25?,28?,29-/m1/s1. The van der Waals surface area contributed by atoms with Crippen LogP contribution < -0.4 is 9.47 Å². The molecule has 5 aliphatic rings. The number of fused-ring (bicyclic) bond motifs is 3. The number of halogens is 3. The van der Waals surface area contributed by atoms with Gasteiger partial charge in [-0.1, -0.05) is 0 Å². The van der Waals surface area contributed by atoms with Gasteiger partial charge in [0.05, 0.1) is 30.6 Å². The van der Waals surface area contributed by atoms with Gasteiger partial charge in [-0.2, -0.15) is 13.2 Å². The second-order valence-corrected chi connectivity index (χ2v) is 12.5. The Morgan fingerprint density at radius 3 is 2.55 bits per heavy atom. The van der Waals surface area contributed by atoms with Crippen LogP contribution in [-0.4, -0.2) is 79.5 Å². The third-order valence-corrected chi connectivity index (χ3v) is 9.23. The predicted octanol–water partition coefficient (Wildman–Crippen LogP) is 4.56. The van der Waals surface area contributed by atoms with Crippen LogP contribution >= 0.6 is 0 Å². The Bertz CT molecular complexity index is 1300. The number of carbonyl (C=O) groups is 2. The third kappa shape index (κ3) is 5.10. The molecule has 0 bridgehead atoms. The molecule has 2 saturated heterocycles. The Kier molecular flexibility index (Phi) is 7.15. The topological polar surface area (TPSA) is 92.8 Å². The highest BCUT2D eigenvalue weighted by Gasteiger charge is 2.60. The Morgan fingerprint density at radius 1 is 1.07 bits per heavy atom. The second kappa shape index (κ2) is 10.3. The van der Waals surface area contributed by atoms with Gasteiger partial charge < -0.3 is 28.4 Å². The first kappa shape index (κ1) is 29.1. The lowest BCUT2D eigenvalue weighted by atomic mass is 9.77. The van der Waals surface area contributed by atoms with E-state index >= 15 is 0 Å². The fourth-order valence-corrected chi connectivity index (χ4v) is 7.53. The molecular weight excluding hydrogens is 559 g/mol. The number of hydrogen-bond donors (Lipinski definition) is 0. The molecule has 6 rings (SSSR count). The first-order chi connectivity index (χ1) is 19.8. The van der Waals surface area contributed by atoms with Crippen molar-refractivity contribution in [2.75, 3.05) is 33.6 Å². The van der Waals surface area contributed by atoms with Gasteiger partial charge in [0.2, 0.25) is 6.79 Å². The molecular formula is C30H36F3NO8. The average Bonchev–Trinajstić information content (AvgIpc) is 3.60. The van der Waals surface area contributed by atoms with Gasteiger partial charge in [-0.05, 0) is 88.3 Å². The SMILES string of the molecule is COC1=CC23CCCN2CCc2cc4c(cc2[C@@H]3C1OC(=O)[C@]1(CC(=O)OCC(F)(F)F)CCCC(C)(C)O1)OCO4. The molecule has 0 aromatic heterocycles. The molecule has 1 spiro atoms. The van der Waals surface area contributed by atoms with Crippen molar-refractivity contribution in [2.45, 2.75) is 93.7 Å². The van der Waals surface area contributed by atoms with E-state index in [0.717, 1.165) is 43.5 Å². The summed E-state index contributed by atoms with van der Waals surface area (Å²) in [7, 11) is 1.53. The highest BCUT2D eigenvalue weighted by atomic mass is 19.4. The molecule has 1 aliphatic carbocycles. The highest BCUT2D eigenvalue weighted by molar-refractivity contribution is 5.86. The zero-order valence-corrected chi connectivity index (χ0v) is 24.0. The van der Waals surface area contributed by atoms with E-state index < -0.39 is 54.0 Å². The summed E-state index contributed by atoms with van der Waals surface area (Å²) < 4.78 is 72.6. The summed E-state index contributed by atoms with van der Waals surface area (Å²) in [5.74, 6) is -0.576. The number of alkyl halides is 3. The minimum absolute atomic E-state index is 0.104. The number of hydrogen-bond acceptors (Lipinski definition) is 9. The molecule has 2 fully saturated rings. The minimum Gasteiger partial charge on any atom is -0.497 e. The number of esters is 2. The lowest BCUT2D eigenvalue weighted by Gasteiger charge is -2.44. The Labute approximate surface area is 242 Å². The van der Waals surface area contributed by atoms with E-state index in [0.29, 0.717) is 30.1 Å². The number of carbonyl (C=O) groups excluding carboxylic acids is 2. The van der Waals surface area contributed by atoms with Gasteiger partial charge in [-0.25, -0.2) is 4.79 Å². The van der Waals surface area contributed by atoms with Gasteiger partial charge in [-0.3, -0.25) is 9.69 Å². The fraction of sp³-hybridized carbons (Fsp3) is 0.667. The van der Waals surface area contributed by atoms with Crippen molar-refractivity contribution in [3.8, 4) is 11.5 Å². The zero-order chi connectivity index (χ0) is 29.9. The number of benzene rings is 1. The van der Waals surface area contributed by atoms with Crippen molar-refractivity contribution in [3.63, 3.8) is 0 Å². The zero-order valence-electron chi connectivity index (χ0n) is 24.0. The normalized spacial score (nSPS) is 31.3. The van der Waals surface area contributed by atoms with Crippen LogP contribution in [0, 0.1) is 0 Å². The molecule has 1 aromatic rings. The van der Waals surface area contributed by atoms with Crippen molar-refractivity contribution in [1.82, 2.24) is 4.90 Å². The molecule has 12 heteroatoms. The molecule has 4 heterocycles. The van der Waals surface area contributed by atoms with Crippen LogP contribution in [0.1, 0.15) is 69.4 Å². The lowest BCUT2D eigenvalue weighted by Crippen LogP contribution is -2.54. The van der Waals surface area contributed by atoms with Crippen LogP contribution in [0.4, 0.5) is 13.2 Å². The molecule has 0 amide bonds. The van der Waals surface area contributed by atoms with E-state index in [-0.39, 0.29) is 19.1 Å². The van der Waals surface area contributed by atoms with Crippen molar-refractivity contribution < 1.29 is 51.2 Å². The van der Waals surface area contributed by atoms with Crippen molar-refractivity contribution in [2.24, 2.45) is 0 Å². The number of ether oxygens (including phenoxy) is 6. The largest absolute Gasteiger partial charge is 0.497 e. The van der Waals surface area contributed by atoms with Crippen molar-refractivity contribution in [3.05, 3.63) is 35.1 Å². The number of nitrogens with zero attached hydrogens (tertiary/aromatic N) is 1. The van der Waals surface area contributed by atoms with Crippen LogP contribution in [0.2, 0.25) is 0 Å². The Hall–Kier alpha value is -2.99. The van der Waals surface area contributed by atoms with Gasteiger partial charge in [0.15, 0.2) is 29.8 Å². The molecule has 42 heavy (non-hydrogen) atoms. The number of methoxy groups -OCH3 is 1. The van der Waals surface area contributed by atoms with Gasteiger partial charge in [0.25, 0.3) is 0 Å². The van der Waals surface area contributed by atoms with Crippen molar-refractivity contribution in [1.29, 1.82) is 0 Å². The van der Waals surface area contributed by atoms with E-state index in [1.165, 1.54) is 7.11 Å². The first-order valence-corrected chi connectivity index (χ1v) is 14.4. The van der Waals surface area contributed by atoms with E-state index in [1.807, 2.05) is 12.1 Å². The minimum atomic E-state index is -4.69. The molecule has 4 aliphatic heterocycles. The Balaban J connectivity index is 1.36. The average molecular weight is 596 g/mol. The molecule has 0 saturated carbocycles. The molecule has 0 radical (unpaired) electrons. The summed E-state index contributed by atoms with van der Waals surface area (Å²) in [4.78, 5) is 29.2. The van der Waals surface area contributed by atoms with Crippen LogP contribution in [0.5, 0.6) is 11.5 Å². The fourth-order valence-electron chi connectivity index (χ4n) is 7.53. The van der Waals surface area contributed by atoms with Crippen molar-refractivity contribution >= 4 is 11.9 Å². The maximum absolute atomic E-state index is 14.2. The monoisotopic (exact) mass is 595 g/mol. The second-order valence-electron chi connectivity index (χ2n) is 12.5. The summed E-state index contributed by atoms with van der Waals surface area (Å²) in [5.41, 5.74) is -1.07. The first-order valence-electron chi connectivity index (χ1n) is 14.4. The van der Waals surface area contributed by atoms with E-state index in [1.54, 1.807) is 13.8 Å². The molecule has 2 unspecified atom stereocenters. The Morgan fingerprint density at radius 2 is 1.83 bits per heavy atom. The van der Waals surface area contributed by atoms with E-state index in [2.05, 4.69) is 15.7 Å². The maximum Gasteiger partial charge on any atom is 0.422 e. The molecule has 9 nitrogen and oxygen atoms in total. The molecule has 0 N–H and O–H groups in total. The van der Waals surface area contributed by atoms with E-state index in [9.17, 15) is 22.8 Å². The van der Waals surface area contributed by atoms with Crippen LogP contribution in [0.3, 0.4) is 0 Å². The summed E-state index contributed by atoms with van der Waals surface area (Å²) >= 11 is 0. The number of rotatable bonds is 6. The summed E-state index contributed by atoms with van der Waals surface area (Å²) in [6, 6.07) is 3.95. The smallest absolute Gasteiger partial charge is 0.422 e. The third-order valence-electron chi connectivity index (χ3n) is 9.23. The molecule has 230 valence electrons. The summed E-state index contributed by atoms with van der Waals surface area (Å²) in [6.07, 6.45) is -0.424. The summed E-state index contributed by atoms with van der Waals surface area (Å²) in [5, 5.41) is 0.